The number of halogens is 1. The molecule has 4 nitrogen and oxygen atoms in total. The number of benzene rings is 1. The van der Waals surface area contributed by atoms with Gasteiger partial charge in [-0.25, -0.2) is 4.79 Å². The van der Waals surface area contributed by atoms with Crippen molar-refractivity contribution in [3.8, 4) is 11.8 Å². The van der Waals surface area contributed by atoms with Gasteiger partial charge in [-0.05, 0) is 18.6 Å². The summed E-state index contributed by atoms with van der Waals surface area (Å²) in [5, 5.41) is 18.9. The number of phenolic OH excluding ortho intramolecular Hbond substituents is 1. The molecule has 0 saturated carbocycles. The summed E-state index contributed by atoms with van der Waals surface area (Å²) in [6.45, 7) is 1.90. The summed E-state index contributed by atoms with van der Waals surface area (Å²) in [4.78, 5) is 11.6. The molecule has 0 fully saturated rings. The Morgan fingerprint density at radius 1 is 1.62 bits per heavy atom. The minimum atomic E-state index is -0.619. The monoisotopic (exact) mass is 283 g/mol. The Labute approximate surface area is 102 Å². The fourth-order valence-electron chi connectivity index (χ4n) is 1.27. The van der Waals surface area contributed by atoms with Crippen LogP contribution in [0.3, 0.4) is 0 Å². The van der Waals surface area contributed by atoms with Crippen LogP contribution in [0, 0.1) is 11.3 Å². The zero-order chi connectivity index (χ0) is 12.1. The van der Waals surface area contributed by atoms with Gasteiger partial charge in [-0.1, -0.05) is 22.0 Å². The van der Waals surface area contributed by atoms with Crippen LogP contribution in [0.1, 0.15) is 28.4 Å². The second-order valence-electron chi connectivity index (χ2n) is 2.96. The quantitative estimate of drug-likeness (QED) is 0.683. The Balaban J connectivity index is 3.33. The summed E-state index contributed by atoms with van der Waals surface area (Å²) in [7, 11) is 0. The largest absolute Gasteiger partial charge is 0.506 e. The first-order chi connectivity index (χ1) is 7.65. The van der Waals surface area contributed by atoms with E-state index < -0.39 is 5.97 Å². The van der Waals surface area contributed by atoms with Crippen LogP contribution >= 0.6 is 15.9 Å². The molecule has 84 valence electrons. The second kappa shape index (κ2) is 5.52. The molecule has 1 aromatic rings. The lowest BCUT2D eigenvalue weighted by Crippen LogP contribution is -2.08. The van der Waals surface area contributed by atoms with Crippen molar-refractivity contribution < 1.29 is 14.6 Å². The molecular formula is C11H10BrNO3. The Kier molecular flexibility index (Phi) is 4.32. The van der Waals surface area contributed by atoms with E-state index in [0.717, 1.165) is 0 Å². The zero-order valence-electron chi connectivity index (χ0n) is 8.66. The van der Waals surface area contributed by atoms with Gasteiger partial charge in [-0.3, -0.25) is 0 Å². The molecule has 0 aromatic heterocycles. The van der Waals surface area contributed by atoms with Gasteiger partial charge in [0.05, 0.1) is 12.2 Å². The molecule has 0 amide bonds. The van der Waals surface area contributed by atoms with Gasteiger partial charge in [0, 0.05) is 5.33 Å². The highest BCUT2D eigenvalue weighted by Gasteiger charge is 2.19. The maximum Gasteiger partial charge on any atom is 0.342 e. The molecule has 0 unspecified atom stereocenters. The Morgan fingerprint density at radius 2 is 2.31 bits per heavy atom. The van der Waals surface area contributed by atoms with E-state index in [0.29, 0.717) is 10.9 Å². The van der Waals surface area contributed by atoms with E-state index in [4.69, 9.17) is 10.00 Å². The molecule has 0 radical (unpaired) electrons. The van der Waals surface area contributed by atoms with Crippen molar-refractivity contribution in [1.29, 1.82) is 5.26 Å². The maximum absolute atomic E-state index is 11.6. The number of esters is 1. The highest BCUT2D eigenvalue weighted by Crippen LogP contribution is 2.27. The third-order valence-electron chi connectivity index (χ3n) is 2.01. The molecule has 1 N–H and O–H groups in total. The first kappa shape index (κ1) is 12.5. The van der Waals surface area contributed by atoms with Gasteiger partial charge < -0.3 is 9.84 Å². The van der Waals surface area contributed by atoms with E-state index >= 15 is 0 Å². The number of hydrogen-bond donors (Lipinski definition) is 1. The number of ether oxygens (including phenoxy) is 1. The van der Waals surface area contributed by atoms with Crippen molar-refractivity contribution >= 4 is 21.9 Å². The van der Waals surface area contributed by atoms with Gasteiger partial charge in [-0.2, -0.15) is 5.26 Å². The molecule has 0 saturated heterocycles. The summed E-state index contributed by atoms with van der Waals surface area (Å²) in [5.41, 5.74) is 0.709. The number of carbonyl (C=O) groups is 1. The van der Waals surface area contributed by atoms with Crippen molar-refractivity contribution in [2.45, 2.75) is 12.3 Å². The molecule has 0 atom stereocenters. The molecule has 0 aliphatic carbocycles. The third kappa shape index (κ3) is 2.34. The first-order valence-electron chi connectivity index (χ1n) is 4.63. The lowest BCUT2D eigenvalue weighted by atomic mass is 10.0. The van der Waals surface area contributed by atoms with Crippen molar-refractivity contribution in [2.24, 2.45) is 0 Å². The Bertz CT molecular complexity index is 451. The summed E-state index contributed by atoms with van der Waals surface area (Å²) >= 11 is 3.21. The number of carbonyl (C=O) groups excluding carboxylic acids is 1. The molecule has 0 spiro atoms. The molecule has 0 bridgehead atoms. The smallest absolute Gasteiger partial charge is 0.342 e. The third-order valence-corrected chi connectivity index (χ3v) is 2.61. The van der Waals surface area contributed by atoms with Gasteiger partial charge >= 0.3 is 5.97 Å². The standard InChI is InChI=1S/C11H10BrNO3/c1-2-16-11(15)9-7(5-12)3-4-8(6-13)10(9)14/h3-4,14H,2,5H2,1H3. The topological polar surface area (TPSA) is 70.3 Å². The van der Waals surface area contributed by atoms with Crippen LogP contribution in [0.5, 0.6) is 5.75 Å². The average molecular weight is 284 g/mol. The number of aromatic hydroxyl groups is 1. The highest BCUT2D eigenvalue weighted by molar-refractivity contribution is 9.08. The van der Waals surface area contributed by atoms with Gasteiger partial charge in [0.1, 0.15) is 17.4 Å². The van der Waals surface area contributed by atoms with Crippen LogP contribution in [-0.2, 0) is 10.1 Å². The molecule has 5 heteroatoms. The molecule has 16 heavy (non-hydrogen) atoms. The average Bonchev–Trinajstić information content (AvgIpc) is 2.28. The van der Waals surface area contributed by atoms with Crippen LogP contribution in [0.2, 0.25) is 0 Å². The summed E-state index contributed by atoms with van der Waals surface area (Å²) in [6, 6.07) is 4.89. The second-order valence-corrected chi connectivity index (χ2v) is 3.52. The molecular weight excluding hydrogens is 274 g/mol. The minimum absolute atomic E-state index is 0.0535. The fraction of sp³-hybridized carbons (Fsp3) is 0.273. The molecule has 1 rings (SSSR count). The van der Waals surface area contributed by atoms with Crippen LogP contribution in [-0.4, -0.2) is 17.7 Å². The zero-order valence-corrected chi connectivity index (χ0v) is 10.2. The van der Waals surface area contributed by atoms with Crippen LogP contribution in [0.4, 0.5) is 0 Å². The fourth-order valence-corrected chi connectivity index (χ4v) is 1.73. The van der Waals surface area contributed by atoms with E-state index in [9.17, 15) is 9.90 Å². The highest BCUT2D eigenvalue weighted by atomic mass is 79.9. The molecule has 0 aliphatic rings. The minimum Gasteiger partial charge on any atom is -0.506 e. The van der Waals surface area contributed by atoms with E-state index in [1.807, 2.05) is 6.07 Å². The van der Waals surface area contributed by atoms with Crippen LogP contribution < -0.4 is 0 Å². The number of alkyl halides is 1. The Hall–Kier alpha value is -1.54. The Morgan fingerprint density at radius 3 is 2.81 bits per heavy atom. The maximum atomic E-state index is 11.6. The SMILES string of the molecule is CCOC(=O)c1c(CBr)ccc(C#N)c1O. The van der Waals surface area contributed by atoms with Gasteiger partial charge in [0.15, 0.2) is 0 Å². The molecule has 0 aliphatic heterocycles. The van der Waals surface area contributed by atoms with Crippen LogP contribution in [0.15, 0.2) is 12.1 Å². The number of phenols is 1. The number of hydrogen-bond acceptors (Lipinski definition) is 4. The summed E-state index contributed by atoms with van der Waals surface area (Å²) < 4.78 is 4.82. The van der Waals surface area contributed by atoms with E-state index in [1.165, 1.54) is 6.07 Å². The van der Waals surface area contributed by atoms with Crippen molar-refractivity contribution in [2.75, 3.05) is 6.61 Å². The molecule has 1 aromatic carbocycles. The van der Waals surface area contributed by atoms with E-state index in [2.05, 4.69) is 15.9 Å². The van der Waals surface area contributed by atoms with Gasteiger partial charge in [0.25, 0.3) is 0 Å². The van der Waals surface area contributed by atoms with Crippen molar-refractivity contribution in [3.05, 3.63) is 28.8 Å². The number of rotatable bonds is 3. The van der Waals surface area contributed by atoms with Crippen LogP contribution in [0.25, 0.3) is 0 Å². The van der Waals surface area contributed by atoms with E-state index in [-0.39, 0.29) is 23.5 Å². The number of nitriles is 1. The van der Waals surface area contributed by atoms with Crippen molar-refractivity contribution in [1.82, 2.24) is 0 Å². The van der Waals surface area contributed by atoms with Crippen molar-refractivity contribution in [3.63, 3.8) is 0 Å². The van der Waals surface area contributed by atoms with Gasteiger partial charge in [-0.15, -0.1) is 0 Å². The summed E-state index contributed by atoms with van der Waals surface area (Å²) in [5.74, 6) is -0.940. The predicted octanol–water partition coefficient (Wildman–Crippen LogP) is 2.34. The molecule has 0 heterocycles. The normalized spacial score (nSPS) is 9.56. The van der Waals surface area contributed by atoms with E-state index in [1.54, 1.807) is 13.0 Å². The number of nitrogens with zero attached hydrogens (tertiary/aromatic N) is 1. The lowest BCUT2D eigenvalue weighted by Gasteiger charge is -2.09. The van der Waals surface area contributed by atoms with Gasteiger partial charge in [0.2, 0.25) is 0 Å². The predicted molar refractivity (Wildman–Crippen MR) is 61.4 cm³/mol. The lowest BCUT2D eigenvalue weighted by molar-refractivity contribution is 0.0522. The summed E-state index contributed by atoms with van der Waals surface area (Å²) in [6.07, 6.45) is 0. The first-order valence-corrected chi connectivity index (χ1v) is 5.75.